The molecule has 31 heavy (non-hydrogen) atoms. The SMILES string of the molecule is O=C(CNc1cc(S(=O)(=O)N2CCOCC2)ccc1N1CCCC1)NC1CCCCC1. The van der Waals surface area contributed by atoms with E-state index in [0.29, 0.717) is 32.0 Å². The molecule has 1 aromatic carbocycles. The zero-order valence-electron chi connectivity index (χ0n) is 18.1. The monoisotopic (exact) mass is 450 g/mol. The lowest BCUT2D eigenvalue weighted by molar-refractivity contribution is -0.120. The molecular formula is C22H34N4O4S. The molecule has 0 bridgehead atoms. The molecule has 2 saturated heterocycles. The largest absolute Gasteiger partial charge is 0.379 e. The average molecular weight is 451 g/mol. The van der Waals surface area contributed by atoms with Gasteiger partial charge in [-0.05, 0) is 43.9 Å². The van der Waals surface area contributed by atoms with E-state index in [0.717, 1.165) is 44.5 Å². The molecule has 2 heterocycles. The third-order valence-electron chi connectivity index (χ3n) is 6.43. The smallest absolute Gasteiger partial charge is 0.243 e. The molecule has 0 radical (unpaired) electrons. The summed E-state index contributed by atoms with van der Waals surface area (Å²) in [6, 6.07) is 5.51. The van der Waals surface area contributed by atoms with E-state index in [2.05, 4.69) is 15.5 Å². The van der Waals surface area contributed by atoms with Gasteiger partial charge in [0, 0.05) is 32.2 Å². The van der Waals surface area contributed by atoms with Crippen LogP contribution >= 0.6 is 0 Å². The second kappa shape index (κ2) is 10.2. The molecule has 2 aliphatic heterocycles. The molecule has 4 rings (SSSR count). The Hall–Kier alpha value is -1.84. The first-order valence-electron chi connectivity index (χ1n) is 11.5. The van der Waals surface area contributed by atoms with Crippen LogP contribution in [0.4, 0.5) is 11.4 Å². The van der Waals surface area contributed by atoms with Gasteiger partial charge in [-0.2, -0.15) is 4.31 Å². The van der Waals surface area contributed by atoms with Gasteiger partial charge < -0.3 is 20.3 Å². The normalized spacial score (nSPS) is 21.2. The summed E-state index contributed by atoms with van der Waals surface area (Å²) in [5.41, 5.74) is 1.67. The standard InChI is InChI=1S/C22H34N4O4S/c27-22(24-18-6-2-1-3-7-18)17-23-20-16-19(8-9-21(20)25-10-4-5-11-25)31(28,29)26-12-14-30-15-13-26/h8-9,16,18,23H,1-7,10-15,17H2,(H,24,27). The van der Waals surface area contributed by atoms with Gasteiger partial charge in [-0.1, -0.05) is 19.3 Å². The number of hydrogen-bond acceptors (Lipinski definition) is 6. The average Bonchev–Trinajstić information content (AvgIpc) is 3.33. The van der Waals surface area contributed by atoms with Crippen LogP contribution in [-0.4, -0.2) is 70.6 Å². The Balaban J connectivity index is 1.50. The summed E-state index contributed by atoms with van der Waals surface area (Å²) < 4.78 is 33.0. The maximum atomic E-state index is 13.1. The molecule has 1 aromatic rings. The van der Waals surface area contributed by atoms with E-state index in [-0.39, 0.29) is 23.4 Å². The van der Waals surface area contributed by atoms with Crippen molar-refractivity contribution in [3.8, 4) is 0 Å². The van der Waals surface area contributed by atoms with E-state index in [4.69, 9.17) is 4.74 Å². The molecule has 0 aromatic heterocycles. The fraction of sp³-hybridized carbons (Fsp3) is 0.682. The molecule has 1 aliphatic carbocycles. The Bertz CT molecular complexity index is 858. The van der Waals surface area contributed by atoms with Crippen LogP contribution in [0.2, 0.25) is 0 Å². The Labute approximate surface area is 185 Å². The van der Waals surface area contributed by atoms with Crippen molar-refractivity contribution >= 4 is 27.3 Å². The molecule has 3 fully saturated rings. The van der Waals surface area contributed by atoms with Gasteiger partial charge >= 0.3 is 0 Å². The summed E-state index contributed by atoms with van der Waals surface area (Å²) in [5.74, 6) is -0.0410. The Kier molecular flexibility index (Phi) is 7.35. The lowest BCUT2D eigenvalue weighted by Gasteiger charge is -2.27. The van der Waals surface area contributed by atoms with Crippen LogP contribution in [0.15, 0.2) is 23.1 Å². The van der Waals surface area contributed by atoms with Crippen molar-refractivity contribution < 1.29 is 17.9 Å². The zero-order chi connectivity index (χ0) is 21.7. The van der Waals surface area contributed by atoms with Crippen LogP contribution in [0.5, 0.6) is 0 Å². The number of hydrogen-bond donors (Lipinski definition) is 2. The van der Waals surface area contributed by atoms with Gasteiger partial charge in [-0.25, -0.2) is 8.42 Å². The van der Waals surface area contributed by atoms with Crippen molar-refractivity contribution in [2.24, 2.45) is 0 Å². The van der Waals surface area contributed by atoms with Gasteiger partial charge in [0.1, 0.15) is 0 Å². The van der Waals surface area contributed by atoms with E-state index in [1.807, 2.05) is 6.07 Å². The summed E-state index contributed by atoms with van der Waals surface area (Å²) >= 11 is 0. The maximum Gasteiger partial charge on any atom is 0.243 e. The minimum atomic E-state index is -3.59. The molecular weight excluding hydrogens is 416 g/mol. The predicted molar refractivity (Wildman–Crippen MR) is 121 cm³/mol. The van der Waals surface area contributed by atoms with E-state index >= 15 is 0 Å². The third-order valence-corrected chi connectivity index (χ3v) is 8.33. The van der Waals surface area contributed by atoms with Crippen molar-refractivity contribution in [2.45, 2.75) is 55.9 Å². The minimum Gasteiger partial charge on any atom is -0.379 e. The highest BCUT2D eigenvalue weighted by molar-refractivity contribution is 7.89. The summed E-state index contributed by atoms with van der Waals surface area (Å²) in [7, 11) is -3.59. The third kappa shape index (κ3) is 5.51. The summed E-state index contributed by atoms with van der Waals surface area (Å²) in [4.78, 5) is 15.0. The Morgan fingerprint density at radius 3 is 2.42 bits per heavy atom. The van der Waals surface area contributed by atoms with Gasteiger partial charge in [0.2, 0.25) is 15.9 Å². The number of carbonyl (C=O) groups excluding carboxylic acids is 1. The maximum absolute atomic E-state index is 13.1. The molecule has 1 saturated carbocycles. The Morgan fingerprint density at radius 1 is 1.00 bits per heavy atom. The molecule has 9 heteroatoms. The fourth-order valence-corrected chi connectivity index (χ4v) is 6.12. The van der Waals surface area contributed by atoms with Crippen LogP contribution in [0.25, 0.3) is 0 Å². The van der Waals surface area contributed by atoms with Crippen LogP contribution in [0, 0.1) is 0 Å². The molecule has 2 N–H and O–H groups in total. The van der Waals surface area contributed by atoms with Crippen molar-refractivity contribution in [2.75, 3.05) is 56.2 Å². The highest BCUT2D eigenvalue weighted by Gasteiger charge is 2.28. The van der Waals surface area contributed by atoms with Crippen LogP contribution in [0.3, 0.4) is 0 Å². The van der Waals surface area contributed by atoms with Crippen LogP contribution in [-0.2, 0) is 19.6 Å². The van der Waals surface area contributed by atoms with Gasteiger partial charge in [0.05, 0.1) is 36.0 Å². The number of sulfonamides is 1. The highest BCUT2D eigenvalue weighted by atomic mass is 32.2. The van der Waals surface area contributed by atoms with Crippen LogP contribution < -0.4 is 15.5 Å². The van der Waals surface area contributed by atoms with Gasteiger partial charge in [0.15, 0.2) is 0 Å². The summed E-state index contributed by atoms with van der Waals surface area (Å²) in [6.07, 6.45) is 7.90. The van der Waals surface area contributed by atoms with Crippen molar-refractivity contribution in [3.63, 3.8) is 0 Å². The molecule has 0 spiro atoms. The van der Waals surface area contributed by atoms with Crippen molar-refractivity contribution in [1.29, 1.82) is 0 Å². The first kappa shape index (κ1) is 22.4. The first-order chi connectivity index (χ1) is 15.0. The van der Waals surface area contributed by atoms with E-state index in [1.165, 1.54) is 23.6 Å². The lowest BCUT2D eigenvalue weighted by Crippen LogP contribution is -2.40. The number of carbonyl (C=O) groups is 1. The topological polar surface area (TPSA) is 91.0 Å². The zero-order valence-corrected chi connectivity index (χ0v) is 19.0. The number of benzene rings is 1. The lowest BCUT2D eigenvalue weighted by atomic mass is 9.95. The predicted octanol–water partition coefficient (Wildman–Crippen LogP) is 2.17. The number of morpholine rings is 1. The minimum absolute atomic E-state index is 0.0410. The van der Waals surface area contributed by atoms with E-state index in [9.17, 15) is 13.2 Å². The second-order valence-electron chi connectivity index (χ2n) is 8.65. The number of nitrogens with zero attached hydrogens (tertiary/aromatic N) is 2. The number of ether oxygens (including phenoxy) is 1. The quantitative estimate of drug-likeness (QED) is 0.662. The number of amides is 1. The number of anilines is 2. The fourth-order valence-electron chi connectivity index (χ4n) is 4.69. The number of nitrogens with one attached hydrogen (secondary N) is 2. The summed E-state index contributed by atoms with van der Waals surface area (Å²) in [6.45, 7) is 3.58. The summed E-state index contributed by atoms with van der Waals surface area (Å²) in [5, 5.41) is 6.35. The van der Waals surface area contributed by atoms with Crippen molar-refractivity contribution in [1.82, 2.24) is 9.62 Å². The van der Waals surface area contributed by atoms with Gasteiger partial charge in [-0.15, -0.1) is 0 Å². The molecule has 172 valence electrons. The van der Waals surface area contributed by atoms with Gasteiger partial charge in [0.25, 0.3) is 0 Å². The molecule has 0 atom stereocenters. The van der Waals surface area contributed by atoms with Crippen LogP contribution in [0.1, 0.15) is 44.9 Å². The molecule has 0 unspecified atom stereocenters. The molecule has 8 nitrogen and oxygen atoms in total. The molecule has 3 aliphatic rings. The van der Waals surface area contributed by atoms with E-state index < -0.39 is 10.0 Å². The number of rotatable bonds is 7. The van der Waals surface area contributed by atoms with E-state index in [1.54, 1.807) is 12.1 Å². The Morgan fingerprint density at radius 2 is 1.71 bits per heavy atom. The first-order valence-corrected chi connectivity index (χ1v) is 13.0. The second-order valence-corrected chi connectivity index (χ2v) is 10.6. The molecule has 1 amide bonds. The highest BCUT2D eigenvalue weighted by Crippen LogP contribution is 2.32. The van der Waals surface area contributed by atoms with Crippen molar-refractivity contribution in [3.05, 3.63) is 18.2 Å². The van der Waals surface area contributed by atoms with Gasteiger partial charge in [-0.3, -0.25) is 4.79 Å².